The first kappa shape index (κ1) is 15.1. The third-order valence-electron chi connectivity index (χ3n) is 3.18. The van der Waals surface area contributed by atoms with Crippen LogP contribution in [0.5, 0.6) is 0 Å². The minimum atomic E-state index is 0.139. The second kappa shape index (κ2) is 6.90. The molecule has 0 aliphatic carbocycles. The molecule has 1 atom stereocenters. The molecule has 0 saturated heterocycles. The van der Waals surface area contributed by atoms with E-state index in [-0.39, 0.29) is 6.04 Å². The Morgan fingerprint density at radius 1 is 1.30 bits per heavy atom. The van der Waals surface area contributed by atoms with E-state index in [1.54, 1.807) is 0 Å². The van der Waals surface area contributed by atoms with Gasteiger partial charge < -0.3 is 5.32 Å². The smallest absolute Gasteiger partial charge is 0.0832 e. The van der Waals surface area contributed by atoms with E-state index in [0.29, 0.717) is 5.92 Å². The zero-order chi connectivity index (χ0) is 14.5. The molecule has 0 bridgehead atoms. The third-order valence-corrected chi connectivity index (χ3v) is 3.98. The van der Waals surface area contributed by atoms with Crippen molar-refractivity contribution in [2.24, 2.45) is 0 Å². The predicted octanol–water partition coefficient (Wildman–Crippen LogP) is 3.45. The summed E-state index contributed by atoms with van der Waals surface area (Å²) in [5.74, 6) is 0.382. The summed E-state index contributed by atoms with van der Waals surface area (Å²) in [4.78, 5) is 5.53. The van der Waals surface area contributed by atoms with Crippen molar-refractivity contribution in [3.63, 3.8) is 0 Å². The summed E-state index contributed by atoms with van der Waals surface area (Å²) in [7, 11) is 0. The zero-order valence-electron chi connectivity index (χ0n) is 12.6. The maximum Gasteiger partial charge on any atom is 0.0832 e. The van der Waals surface area contributed by atoms with Crippen molar-refractivity contribution in [2.75, 3.05) is 6.54 Å². The molecule has 5 heteroatoms. The first-order valence-electron chi connectivity index (χ1n) is 7.10. The van der Waals surface area contributed by atoms with Crippen LogP contribution in [-0.4, -0.2) is 21.1 Å². The lowest BCUT2D eigenvalue weighted by atomic mass is 10.0. The third kappa shape index (κ3) is 3.41. The van der Waals surface area contributed by atoms with Crippen LogP contribution in [0.3, 0.4) is 0 Å². The van der Waals surface area contributed by atoms with Crippen LogP contribution < -0.4 is 5.32 Å². The van der Waals surface area contributed by atoms with Crippen LogP contribution in [-0.2, 0) is 0 Å². The van der Waals surface area contributed by atoms with Crippen LogP contribution in [0.15, 0.2) is 18.5 Å². The lowest BCUT2D eigenvalue weighted by Gasteiger charge is -2.19. The largest absolute Gasteiger partial charge is 0.305 e. The maximum absolute atomic E-state index is 4.32. The SMILES string of the molecule is CCCNC(c1cncc(C)c1)c1snnc1C(C)C. The van der Waals surface area contributed by atoms with Gasteiger partial charge in [-0.25, -0.2) is 0 Å². The summed E-state index contributed by atoms with van der Waals surface area (Å²) >= 11 is 1.49. The molecular weight excluding hydrogens is 268 g/mol. The van der Waals surface area contributed by atoms with E-state index in [1.165, 1.54) is 27.5 Å². The first-order valence-corrected chi connectivity index (χ1v) is 7.87. The topological polar surface area (TPSA) is 50.7 Å². The van der Waals surface area contributed by atoms with Gasteiger partial charge in [-0.2, -0.15) is 0 Å². The second-order valence-electron chi connectivity index (χ2n) is 5.36. The summed E-state index contributed by atoms with van der Waals surface area (Å²) in [6.45, 7) is 9.53. The molecule has 0 radical (unpaired) electrons. The van der Waals surface area contributed by atoms with Crippen molar-refractivity contribution >= 4 is 11.5 Å². The molecule has 0 saturated carbocycles. The Bertz CT molecular complexity index is 550. The van der Waals surface area contributed by atoms with Gasteiger partial charge in [0.15, 0.2) is 0 Å². The van der Waals surface area contributed by atoms with Crippen LogP contribution >= 0.6 is 11.5 Å². The molecular formula is C15H22N4S. The van der Waals surface area contributed by atoms with Crippen LogP contribution in [0.2, 0.25) is 0 Å². The fourth-order valence-corrected chi connectivity index (χ4v) is 3.10. The predicted molar refractivity (Wildman–Crippen MR) is 83.1 cm³/mol. The molecule has 0 aliphatic heterocycles. The fraction of sp³-hybridized carbons (Fsp3) is 0.533. The highest BCUT2D eigenvalue weighted by Crippen LogP contribution is 2.30. The molecule has 2 aromatic rings. The molecule has 0 aliphatic rings. The highest BCUT2D eigenvalue weighted by molar-refractivity contribution is 7.05. The van der Waals surface area contributed by atoms with E-state index < -0.39 is 0 Å². The number of nitrogens with one attached hydrogen (secondary N) is 1. The molecule has 4 nitrogen and oxygen atoms in total. The van der Waals surface area contributed by atoms with Gasteiger partial charge in [0.1, 0.15) is 0 Å². The van der Waals surface area contributed by atoms with Gasteiger partial charge in [-0.05, 0) is 48.5 Å². The van der Waals surface area contributed by atoms with E-state index >= 15 is 0 Å². The Morgan fingerprint density at radius 3 is 2.75 bits per heavy atom. The van der Waals surface area contributed by atoms with Gasteiger partial charge >= 0.3 is 0 Å². The average molecular weight is 290 g/mol. The number of aromatic nitrogens is 3. The summed E-state index contributed by atoms with van der Waals surface area (Å²) in [5, 5.41) is 7.90. The summed E-state index contributed by atoms with van der Waals surface area (Å²) < 4.78 is 4.15. The van der Waals surface area contributed by atoms with Gasteiger partial charge in [-0.1, -0.05) is 31.3 Å². The average Bonchev–Trinajstić information content (AvgIpc) is 2.89. The molecule has 2 heterocycles. The molecule has 0 aromatic carbocycles. The van der Waals surface area contributed by atoms with Crippen molar-refractivity contribution in [3.05, 3.63) is 40.2 Å². The first-order chi connectivity index (χ1) is 9.63. The minimum absolute atomic E-state index is 0.139. The molecule has 20 heavy (non-hydrogen) atoms. The summed E-state index contributed by atoms with van der Waals surface area (Å²) in [6.07, 6.45) is 4.91. The molecule has 2 aromatic heterocycles. The highest BCUT2D eigenvalue weighted by Gasteiger charge is 2.22. The van der Waals surface area contributed by atoms with Gasteiger partial charge in [0, 0.05) is 12.4 Å². The number of hydrogen-bond acceptors (Lipinski definition) is 5. The molecule has 0 amide bonds. The Labute approximate surface area is 124 Å². The van der Waals surface area contributed by atoms with Gasteiger partial charge in [0.05, 0.1) is 16.6 Å². The molecule has 0 fully saturated rings. The molecule has 1 N–H and O–H groups in total. The Kier molecular flexibility index (Phi) is 5.20. The summed E-state index contributed by atoms with van der Waals surface area (Å²) in [5.41, 5.74) is 3.45. The van der Waals surface area contributed by atoms with Crippen molar-refractivity contribution in [3.8, 4) is 0 Å². The molecule has 1 unspecified atom stereocenters. The van der Waals surface area contributed by atoms with Crippen molar-refractivity contribution in [1.82, 2.24) is 19.9 Å². The van der Waals surface area contributed by atoms with Crippen LogP contribution in [0.25, 0.3) is 0 Å². The summed E-state index contributed by atoms with van der Waals surface area (Å²) in [6, 6.07) is 2.32. The maximum atomic E-state index is 4.32. The van der Waals surface area contributed by atoms with Crippen molar-refractivity contribution in [2.45, 2.75) is 46.1 Å². The normalized spacial score (nSPS) is 12.8. The van der Waals surface area contributed by atoms with Gasteiger partial charge in [0.2, 0.25) is 0 Å². The Hall–Kier alpha value is -1.33. The second-order valence-corrected chi connectivity index (χ2v) is 6.15. The Balaban J connectivity index is 2.39. The quantitative estimate of drug-likeness (QED) is 0.885. The van der Waals surface area contributed by atoms with Crippen LogP contribution in [0.1, 0.15) is 60.8 Å². The van der Waals surface area contributed by atoms with Crippen molar-refractivity contribution in [1.29, 1.82) is 0 Å². The van der Waals surface area contributed by atoms with Crippen LogP contribution in [0, 0.1) is 6.92 Å². The van der Waals surface area contributed by atoms with Gasteiger partial charge in [-0.3, -0.25) is 4.98 Å². The van der Waals surface area contributed by atoms with E-state index in [1.807, 2.05) is 12.4 Å². The molecule has 108 valence electrons. The minimum Gasteiger partial charge on any atom is -0.305 e. The number of pyridine rings is 1. The van der Waals surface area contributed by atoms with E-state index in [2.05, 4.69) is 53.6 Å². The molecule has 0 spiro atoms. The highest BCUT2D eigenvalue weighted by atomic mass is 32.1. The van der Waals surface area contributed by atoms with Crippen molar-refractivity contribution < 1.29 is 0 Å². The number of nitrogens with zero attached hydrogens (tertiary/aromatic N) is 3. The lowest BCUT2D eigenvalue weighted by Crippen LogP contribution is -2.23. The number of hydrogen-bond donors (Lipinski definition) is 1. The van der Waals surface area contributed by atoms with E-state index in [9.17, 15) is 0 Å². The lowest BCUT2D eigenvalue weighted by molar-refractivity contribution is 0.594. The van der Waals surface area contributed by atoms with E-state index in [4.69, 9.17) is 0 Å². The number of aryl methyl sites for hydroxylation is 1. The Morgan fingerprint density at radius 2 is 2.10 bits per heavy atom. The monoisotopic (exact) mass is 290 g/mol. The van der Waals surface area contributed by atoms with Gasteiger partial charge in [-0.15, -0.1) is 5.10 Å². The van der Waals surface area contributed by atoms with E-state index in [0.717, 1.165) is 18.7 Å². The van der Waals surface area contributed by atoms with Gasteiger partial charge in [0.25, 0.3) is 0 Å². The standard InChI is InChI=1S/C15H22N4S/c1-5-6-17-14(12-7-11(4)8-16-9-12)15-13(10(2)3)18-19-20-15/h7-10,14,17H,5-6H2,1-4H3. The zero-order valence-corrected chi connectivity index (χ0v) is 13.4. The fourth-order valence-electron chi connectivity index (χ4n) is 2.19. The van der Waals surface area contributed by atoms with Crippen LogP contribution in [0.4, 0.5) is 0 Å². The molecule has 2 rings (SSSR count). The number of rotatable bonds is 6.